The highest BCUT2D eigenvalue weighted by molar-refractivity contribution is 6.02. The minimum absolute atomic E-state index is 0.181. The second-order valence-corrected chi connectivity index (χ2v) is 9.09. The quantitative estimate of drug-likeness (QED) is 0.535. The van der Waals surface area contributed by atoms with Gasteiger partial charge < -0.3 is 9.64 Å². The van der Waals surface area contributed by atoms with E-state index >= 15 is 0 Å². The van der Waals surface area contributed by atoms with Gasteiger partial charge in [-0.1, -0.05) is 35.9 Å². The third kappa shape index (κ3) is 4.23. The molecule has 0 spiro atoms. The number of likely N-dealkylation sites (tertiary alicyclic amines) is 2. The van der Waals surface area contributed by atoms with Gasteiger partial charge in [0.05, 0.1) is 5.56 Å². The molecule has 0 aromatic heterocycles. The molecule has 2 aliphatic heterocycles. The number of hydrogen-bond acceptors (Lipinski definition) is 5. The smallest absolute Gasteiger partial charge is 0.339 e. The van der Waals surface area contributed by atoms with Crippen molar-refractivity contribution in [2.75, 3.05) is 26.9 Å². The number of nitrogens with zero attached hydrogens (tertiary/aromatic N) is 2. The zero-order chi connectivity index (χ0) is 22.9. The molecule has 2 aromatic rings. The minimum atomic E-state index is -0.518. The number of rotatable bonds is 3. The maximum absolute atomic E-state index is 12.9. The van der Waals surface area contributed by atoms with Crippen LogP contribution >= 0.6 is 0 Å². The average Bonchev–Trinajstić information content (AvgIpc) is 3.05. The molecule has 1 aliphatic carbocycles. The molecule has 6 heteroatoms. The summed E-state index contributed by atoms with van der Waals surface area (Å²) in [6, 6.07) is 14.3. The van der Waals surface area contributed by atoms with Gasteiger partial charge in [-0.3, -0.25) is 9.59 Å². The maximum Gasteiger partial charge on any atom is 0.339 e. The Morgan fingerprint density at radius 1 is 0.848 bits per heavy atom. The Morgan fingerprint density at radius 2 is 1.52 bits per heavy atom. The maximum atomic E-state index is 12.9. The van der Waals surface area contributed by atoms with Crippen molar-refractivity contribution in [3.05, 3.63) is 75.9 Å². The van der Waals surface area contributed by atoms with E-state index in [4.69, 9.17) is 4.74 Å². The van der Waals surface area contributed by atoms with E-state index in [0.29, 0.717) is 5.56 Å². The Bertz CT molecular complexity index is 1140. The summed E-state index contributed by atoms with van der Waals surface area (Å²) < 4.78 is 5.36. The number of ether oxygens (including phenoxy) is 1. The molecule has 0 bridgehead atoms. The summed E-state index contributed by atoms with van der Waals surface area (Å²) in [7, 11) is 2.15. The van der Waals surface area contributed by atoms with Gasteiger partial charge in [0.25, 0.3) is 0 Å². The van der Waals surface area contributed by atoms with Crippen LogP contribution in [0.5, 0.6) is 0 Å². The van der Waals surface area contributed by atoms with Crippen LogP contribution in [-0.4, -0.2) is 54.5 Å². The van der Waals surface area contributed by atoms with Gasteiger partial charge in [0.2, 0.25) is 11.8 Å². The number of imide groups is 1. The number of amides is 2. The lowest BCUT2D eigenvalue weighted by Crippen LogP contribution is -2.32. The highest BCUT2D eigenvalue weighted by Gasteiger charge is 2.30. The van der Waals surface area contributed by atoms with Crippen molar-refractivity contribution in [2.45, 2.75) is 38.5 Å². The lowest BCUT2D eigenvalue weighted by Gasteiger charge is -2.27. The minimum Gasteiger partial charge on any atom is -0.440 e. The van der Waals surface area contributed by atoms with Crippen molar-refractivity contribution in [1.29, 1.82) is 0 Å². The SMILES string of the molecule is CN1CCC(=C2c3ccccc3CCc3ccc(C(=O)OCN4C(=O)CCC4=O)cc32)CC1. The summed E-state index contributed by atoms with van der Waals surface area (Å²) in [4.78, 5) is 39.9. The number of fused-ring (bicyclic) bond motifs is 2. The van der Waals surface area contributed by atoms with Gasteiger partial charge in [0, 0.05) is 25.9 Å². The van der Waals surface area contributed by atoms with Crippen molar-refractivity contribution < 1.29 is 19.1 Å². The van der Waals surface area contributed by atoms with Crippen LogP contribution in [0.1, 0.15) is 58.3 Å². The molecule has 0 N–H and O–H groups in total. The van der Waals surface area contributed by atoms with Gasteiger partial charge in [-0.25, -0.2) is 9.69 Å². The number of esters is 1. The highest BCUT2D eigenvalue weighted by atomic mass is 16.5. The first-order valence-corrected chi connectivity index (χ1v) is 11.6. The predicted octanol–water partition coefficient (Wildman–Crippen LogP) is 3.58. The fourth-order valence-corrected chi connectivity index (χ4v) is 5.04. The van der Waals surface area contributed by atoms with E-state index in [0.717, 1.165) is 49.2 Å². The molecule has 3 aliphatic rings. The van der Waals surface area contributed by atoms with Crippen molar-refractivity contribution >= 4 is 23.4 Å². The number of hydrogen-bond donors (Lipinski definition) is 0. The van der Waals surface area contributed by atoms with E-state index < -0.39 is 5.97 Å². The van der Waals surface area contributed by atoms with Crippen LogP contribution in [-0.2, 0) is 27.2 Å². The van der Waals surface area contributed by atoms with Crippen LogP contribution < -0.4 is 0 Å². The molecule has 2 aromatic carbocycles. The topological polar surface area (TPSA) is 66.9 Å². The Morgan fingerprint density at radius 3 is 2.24 bits per heavy atom. The monoisotopic (exact) mass is 444 g/mol. The van der Waals surface area contributed by atoms with E-state index in [1.54, 1.807) is 6.07 Å². The molecule has 2 fully saturated rings. The molecule has 0 saturated carbocycles. The Labute approximate surface area is 193 Å². The van der Waals surface area contributed by atoms with Crippen molar-refractivity contribution in [3.8, 4) is 0 Å². The summed E-state index contributed by atoms with van der Waals surface area (Å²) in [6.45, 7) is 1.72. The first-order chi connectivity index (χ1) is 16.0. The molecule has 2 heterocycles. The second kappa shape index (κ2) is 8.94. The number of benzene rings is 2. The van der Waals surface area contributed by atoms with Crippen molar-refractivity contribution in [3.63, 3.8) is 0 Å². The molecular weight excluding hydrogens is 416 g/mol. The zero-order valence-corrected chi connectivity index (χ0v) is 18.9. The molecule has 2 saturated heterocycles. The first kappa shape index (κ1) is 21.6. The van der Waals surface area contributed by atoms with E-state index in [1.807, 2.05) is 12.1 Å². The molecule has 6 nitrogen and oxygen atoms in total. The highest BCUT2D eigenvalue weighted by Crippen LogP contribution is 2.39. The molecule has 2 amide bonds. The molecule has 0 atom stereocenters. The standard InChI is InChI=1S/C27H28N2O4/c1-28-14-12-20(13-15-28)26-22-5-3-2-4-18(22)6-7-19-8-9-21(16-23(19)26)27(32)33-17-29-24(30)10-11-25(29)31/h2-5,8-9,16H,6-7,10-15,17H2,1H3. The van der Waals surface area contributed by atoms with E-state index in [1.165, 1.54) is 27.8 Å². The van der Waals surface area contributed by atoms with Crippen LogP contribution in [0.4, 0.5) is 0 Å². The number of carbonyl (C=O) groups is 3. The number of carbonyl (C=O) groups excluding carboxylic acids is 3. The summed E-state index contributed by atoms with van der Waals surface area (Å²) in [6.07, 6.45) is 4.25. The van der Waals surface area contributed by atoms with Crippen LogP contribution in [0.25, 0.3) is 5.57 Å². The molecule has 0 radical (unpaired) electrons. The Balaban J connectivity index is 1.50. The lowest BCUT2D eigenvalue weighted by atomic mass is 9.85. The largest absolute Gasteiger partial charge is 0.440 e. The predicted molar refractivity (Wildman–Crippen MR) is 124 cm³/mol. The number of piperidine rings is 1. The third-order valence-corrected chi connectivity index (χ3v) is 6.99. The van der Waals surface area contributed by atoms with E-state index in [2.05, 4.69) is 36.2 Å². The van der Waals surface area contributed by atoms with Gasteiger partial charge in [-0.05, 0) is 72.7 Å². The van der Waals surface area contributed by atoms with Gasteiger partial charge >= 0.3 is 5.97 Å². The zero-order valence-electron chi connectivity index (χ0n) is 18.9. The summed E-state index contributed by atoms with van der Waals surface area (Å²) in [5.41, 5.74) is 8.06. The van der Waals surface area contributed by atoms with Crippen LogP contribution in [0.2, 0.25) is 0 Å². The van der Waals surface area contributed by atoms with E-state index in [-0.39, 0.29) is 31.4 Å². The average molecular weight is 445 g/mol. The molecule has 0 unspecified atom stereocenters. The van der Waals surface area contributed by atoms with Crippen molar-refractivity contribution in [1.82, 2.24) is 9.80 Å². The summed E-state index contributed by atoms with van der Waals surface area (Å²) in [5.74, 6) is -1.10. The van der Waals surface area contributed by atoms with Crippen molar-refractivity contribution in [2.24, 2.45) is 0 Å². The Kier molecular flexibility index (Phi) is 5.85. The summed E-state index contributed by atoms with van der Waals surface area (Å²) >= 11 is 0. The van der Waals surface area contributed by atoms with E-state index in [9.17, 15) is 14.4 Å². The summed E-state index contributed by atoms with van der Waals surface area (Å²) in [5, 5.41) is 0. The lowest BCUT2D eigenvalue weighted by molar-refractivity contribution is -0.142. The molecule has 5 rings (SSSR count). The molecule has 170 valence electrons. The first-order valence-electron chi connectivity index (χ1n) is 11.6. The second-order valence-electron chi connectivity index (χ2n) is 9.09. The van der Waals surface area contributed by atoms with Crippen LogP contribution in [0, 0.1) is 0 Å². The van der Waals surface area contributed by atoms with Gasteiger partial charge in [0.15, 0.2) is 6.73 Å². The van der Waals surface area contributed by atoms with Gasteiger partial charge in [-0.15, -0.1) is 0 Å². The van der Waals surface area contributed by atoms with Crippen LogP contribution in [0.15, 0.2) is 48.0 Å². The fraction of sp³-hybridized carbons (Fsp3) is 0.370. The Hall–Kier alpha value is -3.25. The third-order valence-electron chi connectivity index (χ3n) is 6.99. The molecular formula is C27H28N2O4. The van der Waals surface area contributed by atoms with Gasteiger partial charge in [-0.2, -0.15) is 0 Å². The number of aryl methyl sites for hydroxylation is 2. The van der Waals surface area contributed by atoms with Crippen LogP contribution in [0.3, 0.4) is 0 Å². The van der Waals surface area contributed by atoms with Gasteiger partial charge in [0.1, 0.15) is 0 Å². The normalized spacial score (nSPS) is 18.8. The molecule has 33 heavy (non-hydrogen) atoms. The fourth-order valence-electron chi connectivity index (χ4n) is 5.04.